The molecular weight excluding hydrogens is 376 g/mol. The first kappa shape index (κ1) is 19.5. The van der Waals surface area contributed by atoms with Crippen molar-refractivity contribution in [2.75, 3.05) is 25.5 Å². The number of rotatable bonds is 8. The molecule has 2 atom stereocenters. The summed E-state index contributed by atoms with van der Waals surface area (Å²) < 4.78 is 11.4. The summed E-state index contributed by atoms with van der Waals surface area (Å²) in [5.74, 6) is 0.539. The minimum absolute atomic E-state index is 0.395. The van der Waals surface area contributed by atoms with E-state index in [1.807, 2.05) is 0 Å². The van der Waals surface area contributed by atoms with Crippen LogP contribution in [0.5, 0.6) is 6.01 Å². The van der Waals surface area contributed by atoms with Gasteiger partial charge in [-0.05, 0) is 42.4 Å². The molecule has 2 fully saturated rings. The first-order valence-corrected chi connectivity index (χ1v) is 11.1. The molecule has 6 heteroatoms. The molecule has 2 bridgehead atoms. The summed E-state index contributed by atoms with van der Waals surface area (Å²) in [5.41, 5.74) is 12.0. The maximum atomic E-state index is 6.18. The van der Waals surface area contributed by atoms with Crippen LogP contribution < -0.4 is 10.5 Å². The van der Waals surface area contributed by atoms with Gasteiger partial charge in [-0.25, -0.2) is 0 Å². The molecule has 3 heterocycles. The topological polar surface area (TPSA) is 73.5 Å². The molecule has 158 valence electrons. The smallest absolute Gasteiger partial charge is 0.318 e. The van der Waals surface area contributed by atoms with Crippen molar-refractivity contribution in [1.82, 2.24) is 14.9 Å². The van der Waals surface area contributed by atoms with Gasteiger partial charge in [0, 0.05) is 24.7 Å². The predicted molar refractivity (Wildman–Crippen MR) is 117 cm³/mol. The van der Waals surface area contributed by atoms with Crippen LogP contribution in [-0.2, 0) is 24.1 Å². The second kappa shape index (κ2) is 8.36. The standard InChI is InChI=1S/C24H30N4O2/c1-2-3-10-29-24-26-22-18(8-9-21(22)23(25)27-24)11-16-4-6-17(7-5-16)13-28-14-20-12-19(28)15-30-20/h4-8,19-20H,2-3,9-15H2,1H3,(H2,25,26,27)/t19-,20-/m0/s1. The number of benzene rings is 1. The summed E-state index contributed by atoms with van der Waals surface area (Å²) in [4.78, 5) is 11.6. The van der Waals surface area contributed by atoms with Crippen LogP contribution in [0.25, 0.3) is 5.57 Å². The van der Waals surface area contributed by atoms with Gasteiger partial charge in [-0.1, -0.05) is 43.7 Å². The molecule has 1 aromatic heterocycles. The normalized spacial score (nSPS) is 22.4. The van der Waals surface area contributed by atoms with Crippen molar-refractivity contribution in [3.05, 3.63) is 52.7 Å². The average Bonchev–Trinajstić information content (AvgIpc) is 3.46. The summed E-state index contributed by atoms with van der Waals surface area (Å²) in [6, 6.07) is 9.99. The van der Waals surface area contributed by atoms with Crippen LogP contribution in [0.2, 0.25) is 0 Å². The Morgan fingerprint density at radius 3 is 2.77 bits per heavy atom. The molecule has 0 radical (unpaired) electrons. The van der Waals surface area contributed by atoms with Crippen LogP contribution >= 0.6 is 0 Å². The van der Waals surface area contributed by atoms with Crippen LogP contribution in [0.3, 0.4) is 0 Å². The third kappa shape index (κ3) is 3.94. The Hall–Kier alpha value is -2.44. The molecule has 30 heavy (non-hydrogen) atoms. The van der Waals surface area contributed by atoms with Crippen LogP contribution in [0, 0.1) is 0 Å². The molecule has 1 aliphatic carbocycles. The average molecular weight is 407 g/mol. The van der Waals surface area contributed by atoms with E-state index in [1.54, 1.807) is 0 Å². The van der Waals surface area contributed by atoms with Gasteiger partial charge in [-0.3, -0.25) is 4.90 Å². The molecule has 2 aliphatic heterocycles. The number of nitrogen functional groups attached to an aromatic ring is 1. The predicted octanol–water partition coefficient (Wildman–Crippen LogP) is 3.39. The molecule has 0 amide bonds. The molecule has 6 nitrogen and oxygen atoms in total. The van der Waals surface area contributed by atoms with Gasteiger partial charge in [0.1, 0.15) is 5.82 Å². The first-order chi connectivity index (χ1) is 14.7. The highest BCUT2D eigenvalue weighted by molar-refractivity contribution is 5.75. The van der Waals surface area contributed by atoms with Gasteiger partial charge >= 0.3 is 6.01 Å². The fourth-order valence-corrected chi connectivity index (χ4v) is 4.69. The zero-order valence-electron chi connectivity index (χ0n) is 17.6. The third-order valence-electron chi connectivity index (χ3n) is 6.42. The number of morpholine rings is 1. The summed E-state index contributed by atoms with van der Waals surface area (Å²) in [6.45, 7) is 5.74. The Kier molecular flexibility index (Phi) is 5.44. The van der Waals surface area contributed by atoms with E-state index in [-0.39, 0.29) is 0 Å². The van der Waals surface area contributed by atoms with Gasteiger partial charge in [0.25, 0.3) is 0 Å². The van der Waals surface area contributed by atoms with E-state index in [2.05, 4.69) is 52.1 Å². The fraction of sp³-hybridized carbons (Fsp3) is 0.500. The third-order valence-corrected chi connectivity index (χ3v) is 6.42. The largest absolute Gasteiger partial charge is 0.463 e. The summed E-state index contributed by atoms with van der Waals surface area (Å²) in [5, 5.41) is 0. The molecule has 0 unspecified atom stereocenters. The van der Waals surface area contributed by atoms with Gasteiger partial charge in [0.2, 0.25) is 0 Å². The van der Waals surface area contributed by atoms with Gasteiger partial charge in [-0.15, -0.1) is 0 Å². The van der Waals surface area contributed by atoms with E-state index in [0.717, 1.165) is 56.6 Å². The first-order valence-electron chi connectivity index (χ1n) is 11.1. The number of aromatic nitrogens is 2. The monoisotopic (exact) mass is 406 g/mol. The Morgan fingerprint density at radius 1 is 1.20 bits per heavy atom. The lowest BCUT2D eigenvalue weighted by atomic mass is 10.0. The zero-order chi connectivity index (χ0) is 20.5. The van der Waals surface area contributed by atoms with Crippen LogP contribution in [-0.4, -0.2) is 46.8 Å². The van der Waals surface area contributed by atoms with Crippen molar-refractivity contribution >= 4 is 11.4 Å². The molecule has 5 rings (SSSR count). The summed E-state index contributed by atoms with van der Waals surface area (Å²) >= 11 is 0. The number of nitrogens with two attached hydrogens (primary N) is 1. The minimum Gasteiger partial charge on any atom is -0.463 e. The Labute approximate surface area is 178 Å². The van der Waals surface area contributed by atoms with Gasteiger partial charge in [0.05, 0.1) is 25.0 Å². The maximum Gasteiger partial charge on any atom is 0.318 e. The molecule has 0 spiro atoms. The number of hydrogen-bond acceptors (Lipinski definition) is 6. The Morgan fingerprint density at radius 2 is 2.03 bits per heavy atom. The number of nitrogens with zero attached hydrogens (tertiary/aromatic N) is 3. The second-order valence-corrected chi connectivity index (χ2v) is 8.62. The zero-order valence-corrected chi connectivity index (χ0v) is 17.6. The van der Waals surface area contributed by atoms with Crippen molar-refractivity contribution in [1.29, 1.82) is 0 Å². The van der Waals surface area contributed by atoms with E-state index < -0.39 is 0 Å². The number of hydrogen-bond donors (Lipinski definition) is 1. The number of anilines is 1. The van der Waals surface area contributed by atoms with Crippen LogP contribution in [0.4, 0.5) is 5.82 Å². The van der Waals surface area contributed by atoms with Crippen molar-refractivity contribution in [3.8, 4) is 6.01 Å². The number of likely N-dealkylation sites (tertiary alicyclic amines) is 1. The van der Waals surface area contributed by atoms with E-state index in [4.69, 9.17) is 15.2 Å². The van der Waals surface area contributed by atoms with E-state index in [9.17, 15) is 0 Å². The van der Waals surface area contributed by atoms with Gasteiger partial charge < -0.3 is 15.2 Å². The quantitative estimate of drug-likeness (QED) is 0.678. The number of fused-ring (bicyclic) bond motifs is 3. The lowest BCUT2D eigenvalue weighted by Gasteiger charge is -2.26. The Bertz CT molecular complexity index is 941. The lowest BCUT2D eigenvalue weighted by molar-refractivity contribution is 0.0273. The Balaban J connectivity index is 1.25. The number of unbranched alkanes of at least 4 members (excludes halogenated alkanes) is 1. The SMILES string of the molecule is CCCCOc1nc(N)c2c(n1)C(Cc1ccc(CN3C[C@@H]4C[C@H]3CO4)cc1)=CC2. The van der Waals surface area contributed by atoms with Crippen LogP contribution in [0.1, 0.15) is 48.6 Å². The second-order valence-electron chi connectivity index (χ2n) is 8.62. The van der Waals surface area contributed by atoms with Crippen molar-refractivity contribution in [2.24, 2.45) is 0 Å². The van der Waals surface area contributed by atoms with Gasteiger partial charge in [0.15, 0.2) is 0 Å². The molecule has 2 saturated heterocycles. The minimum atomic E-state index is 0.395. The van der Waals surface area contributed by atoms with E-state index in [0.29, 0.717) is 30.6 Å². The van der Waals surface area contributed by atoms with Crippen molar-refractivity contribution in [3.63, 3.8) is 0 Å². The highest BCUT2D eigenvalue weighted by atomic mass is 16.5. The summed E-state index contributed by atoms with van der Waals surface area (Å²) in [7, 11) is 0. The molecule has 2 aromatic rings. The highest BCUT2D eigenvalue weighted by Crippen LogP contribution is 2.33. The number of allylic oxidation sites excluding steroid dienone is 2. The highest BCUT2D eigenvalue weighted by Gasteiger charge is 2.38. The van der Waals surface area contributed by atoms with E-state index >= 15 is 0 Å². The fourth-order valence-electron chi connectivity index (χ4n) is 4.69. The molecule has 0 saturated carbocycles. The molecular formula is C24H30N4O2. The summed E-state index contributed by atoms with van der Waals surface area (Å²) in [6.07, 6.45) is 7.58. The molecule has 1 aromatic carbocycles. The maximum absolute atomic E-state index is 6.18. The number of ether oxygens (including phenoxy) is 2. The lowest BCUT2D eigenvalue weighted by Crippen LogP contribution is -2.36. The molecule has 2 N–H and O–H groups in total. The molecule has 3 aliphatic rings. The van der Waals surface area contributed by atoms with Crippen molar-refractivity contribution in [2.45, 2.75) is 57.7 Å². The van der Waals surface area contributed by atoms with E-state index in [1.165, 1.54) is 23.1 Å². The van der Waals surface area contributed by atoms with Gasteiger partial charge in [-0.2, -0.15) is 9.97 Å². The van der Waals surface area contributed by atoms with Crippen molar-refractivity contribution < 1.29 is 9.47 Å². The van der Waals surface area contributed by atoms with Crippen LogP contribution in [0.15, 0.2) is 30.3 Å².